The predicted molar refractivity (Wildman–Crippen MR) is 103 cm³/mol. The monoisotopic (exact) mass is 377 g/mol. The van der Waals surface area contributed by atoms with E-state index >= 15 is 0 Å². The maximum absolute atomic E-state index is 11.0. The molecule has 0 aromatic heterocycles. The number of rotatable bonds is 4. The lowest BCUT2D eigenvalue weighted by atomic mass is 10.2. The van der Waals surface area contributed by atoms with Gasteiger partial charge in [0.25, 0.3) is 5.69 Å². The van der Waals surface area contributed by atoms with E-state index in [4.69, 9.17) is 0 Å². The van der Waals surface area contributed by atoms with E-state index in [0.29, 0.717) is 6.04 Å². The Bertz CT molecular complexity index is 658. The Morgan fingerprint density at radius 1 is 1.11 bits per heavy atom. The fourth-order valence-electron chi connectivity index (χ4n) is 3.25. The number of carbonyl (C=O) groups excluding carboxylic acids is 2. The summed E-state index contributed by atoms with van der Waals surface area (Å²) in [5.41, 5.74) is 1.05. The van der Waals surface area contributed by atoms with Crippen LogP contribution in [0.25, 0.3) is 0 Å². The number of carbonyl (C=O) groups is 2. The molecule has 0 bridgehead atoms. The number of non-ortho nitro benzene ring substituents is 1. The van der Waals surface area contributed by atoms with Crippen LogP contribution in [0.5, 0.6) is 0 Å². The lowest BCUT2D eigenvalue weighted by Crippen LogP contribution is -2.35. The third-order valence-electron chi connectivity index (χ3n) is 4.49. The molecule has 1 aromatic carbocycles. The van der Waals surface area contributed by atoms with Gasteiger partial charge in [0.15, 0.2) is 0 Å². The van der Waals surface area contributed by atoms with Gasteiger partial charge in [-0.15, -0.1) is 0 Å². The van der Waals surface area contributed by atoms with Gasteiger partial charge in [-0.3, -0.25) is 19.7 Å². The van der Waals surface area contributed by atoms with Gasteiger partial charge in [-0.05, 0) is 31.5 Å². The summed E-state index contributed by atoms with van der Waals surface area (Å²) in [5, 5.41) is 19.4. The Morgan fingerprint density at radius 3 is 2.26 bits per heavy atom. The number of nitrogens with zero attached hydrogens (tertiary/aromatic N) is 2. The maximum Gasteiger partial charge on any atom is 0.269 e. The van der Waals surface area contributed by atoms with Crippen LogP contribution < -0.4 is 20.9 Å². The highest BCUT2D eigenvalue weighted by molar-refractivity contribution is 5.73. The fourth-order valence-corrected chi connectivity index (χ4v) is 3.25. The van der Waals surface area contributed by atoms with Crippen molar-refractivity contribution in [2.24, 2.45) is 0 Å². The van der Waals surface area contributed by atoms with E-state index < -0.39 is 4.92 Å². The zero-order valence-electron chi connectivity index (χ0n) is 15.7. The van der Waals surface area contributed by atoms with E-state index in [-0.39, 0.29) is 23.5 Å². The topological polar surface area (TPSA) is 117 Å². The molecule has 0 saturated carbocycles. The molecule has 2 saturated heterocycles. The molecule has 2 amide bonds. The number of nitro groups is 1. The highest BCUT2D eigenvalue weighted by Gasteiger charge is 2.23. The van der Waals surface area contributed by atoms with Gasteiger partial charge in [0.05, 0.1) is 4.92 Å². The second kappa shape index (κ2) is 9.86. The Hall–Kier alpha value is -2.68. The summed E-state index contributed by atoms with van der Waals surface area (Å²) in [7, 11) is 0. The smallest absolute Gasteiger partial charge is 0.269 e. The molecule has 2 aliphatic heterocycles. The van der Waals surface area contributed by atoms with Crippen LogP contribution in [0.15, 0.2) is 24.3 Å². The molecule has 3 rings (SSSR count). The molecule has 0 radical (unpaired) electrons. The molecule has 0 spiro atoms. The average molecular weight is 377 g/mol. The van der Waals surface area contributed by atoms with Crippen molar-refractivity contribution >= 4 is 23.2 Å². The van der Waals surface area contributed by atoms with E-state index in [1.165, 1.54) is 19.1 Å². The molecule has 9 nitrogen and oxygen atoms in total. The fraction of sp³-hybridized carbons (Fsp3) is 0.556. The van der Waals surface area contributed by atoms with E-state index in [0.717, 1.165) is 44.7 Å². The SMILES string of the molecule is CC(=O)N[C@@H]1CCN(c2ccc([N+](=O)[O-])cc2)C1.CC(=O)N[C@@H]1CCNC1. The minimum atomic E-state index is -0.409. The Labute approximate surface area is 158 Å². The summed E-state index contributed by atoms with van der Waals surface area (Å²) >= 11 is 0. The summed E-state index contributed by atoms with van der Waals surface area (Å²) < 4.78 is 0. The maximum atomic E-state index is 11.0. The Kier molecular flexibility index (Phi) is 7.54. The highest BCUT2D eigenvalue weighted by Crippen LogP contribution is 2.23. The van der Waals surface area contributed by atoms with Crippen LogP contribution >= 0.6 is 0 Å². The highest BCUT2D eigenvalue weighted by atomic mass is 16.6. The minimum Gasteiger partial charge on any atom is -0.369 e. The van der Waals surface area contributed by atoms with E-state index in [1.807, 2.05) is 0 Å². The van der Waals surface area contributed by atoms with E-state index in [2.05, 4.69) is 20.9 Å². The number of anilines is 1. The van der Waals surface area contributed by atoms with Crippen molar-refractivity contribution in [2.45, 2.75) is 38.8 Å². The van der Waals surface area contributed by atoms with Crippen LogP contribution in [-0.2, 0) is 9.59 Å². The average Bonchev–Trinajstić information content (AvgIpc) is 3.26. The molecular formula is C18H27N5O4. The van der Waals surface area contributed by atoms with Gasteiger partial charge in [-0.25, -0.2) is 0 Å². The van der Waals surface area contributed by atoms with Gasteiger partial charge in [-0.1, -0.05) is 0 Å². The zero-order valence-corrected chi connectivity index (χ0v) is 15.7. The summed E-state index contributed by atoms with van der Waals surface area (Å²) in [4.78, 5) is 33.7. The molecule has 2 fully saturated rings. The first-order valence-electron chi connectivity index (χ1n) is 9.09. The van der Waals surface area contributed by atoms with E-state index in [1.54, 1.807) is 19.1 Å². The first-order valence-corrected chi connectivity index (χ1v) is 9.09. The largest absolute Gasteiger partial charge is 0.369 e. The lowest BCUT2D eigenvalue weighted by molar-refractivity contribution is -0.384. The van der Waals surface area contributed by atoms with Crippen molar-refractivity contribution in [3.63, 3.8) is 0 Å². The van der Waals surface area contributed by atoms with Crippen LogP contribution in [0.2, 0.25) is 0 Å². The third kappa shape index (κ3) is 6.86. The molecule has 0 unspecified atom stereocenters. The molecule has 2 atom stereocenters. The molecular weight excluding hydrogens is 350 g/mol. The van der Waals surface area contributed by atoms with Crippen molar-refractivity contribution in [3.8, 4) is 0 Å². The molecule has 2 heterocycles. The first-order chi connectivity index (χ1) is 12.8. The van der Waals surface area contributed by atoms with Gasteiger partial charge in [-0.2, -0.15) is 0 Å². The number of nitro benzene ring substituents is 1. The van der Waals surface area contributed by atoms with Crippen molar-refractivity contribution < 1.29 is 14.5 Å². The summed E-state index contributed by atoms with van der Waals surface area (Å²) in [6, 6.07) is 7.03. The molecule has 148 valence electrons. The van der Waals surface area contributed by atoms with Crippen molar-refractivity contribution in [2.75, 3.05) is 31.1 Å². The van der Waals surface area contributed by atoms with Crippen LogP contribution in [0.1, 0.15) is 26.7 Å². The quantitative estimate of drug-likeness (QED) is 0.528. The lowest BCUT2D eigenvalue weighted by Gasteiger charge is -2.18. The Balaban J connectivity index is 0.000000244. The standard InChI is InChI=1S/C12H15N3O3.C6H12N2O/c1-9(16)13-10-6-7-14(8-10)11-2-4-12(5-3-11)15(17)18;1-5(9)8-6-2-3-7-4-6/h2-5,10H,6-8H2,1H3,(H,13,16);6-7H,2-4H2,1H3,(H,8,9)/t10-;6-/m11/s1. The number of benzene rings is 1. The number of amides is 2. The van der Waals surface area contributed by atoms with Crippen molar-refractivity contribution in [3.05, 3.63) is 34.4 Å². The molecule has 0 aliphatic carbocycles. The van der Waals surface area contributed by atoms with Gasteiger partial charge < -0.3 is 20.9 Å². The molecule has 9 heteroatoms. The molecule has 2 aliphatic rings. The second-order valence-corrected chi connectivity index (χ2v) is 6.80. The second-order valence-electron chi connectivity index (χ2n) is 6.80. The number of hydrogen-bond donors (Lipinski definition) is 3. The zero-order chi connectivity index (χ0) is 19.8. The molecule has 3 N–H and O–H groups in total. The summed E-state index contributed by atoms with van der Waals surface area (Å²) in [5.74, 6) is 0.0502. The summed E-state index contributed by atoms with van der Waals surface area (Å²) in [6.45, 7) is 6.62. The van der Waals surface area contributed by atoms with Gasteiger partial charge >= 0.3 is 0 Å². The molecule has 27 heavy (non-hydrogen) atoms. The van der Waals surface area contributed by atoms with Gasteiger partial charge in [0.2, 0.25) is 11.8 Å². The predicted octanol–water partition coefficient (Wildman–Crippen LogP) is 0.794. The van der Waals surface area contributed by atoms with Crippen LogP contribution in [0.3, 0.4) is 0 Å². The van der Waals surface area contributed by atoms with Gasteiger partial charge in [0.1, 0.15) is 0 Å². The van der Waals surface area contributed by atoms with Crippen molar-refractivity contribution in [1.29, 1.82) is 0 Å². The third-order valence-corrected chi connectivity index (χ3v) is 4.49. The number of nitrogens with one attached hydrogen (secondary N) is 3. The Morgan fingerprint density at radius 2 is 1.74 bits per heavy atom. The van der Waals surface area contributed by atoms with Crippen LogP contribution in [-0.4, -0.2) is 55.0 Å². The summed E-state index contributed by atoms with van der Waals surface area (Å²) in [6.07, 6.45) is 1.97. The van der Waals surface area contributed by atoms with Crippen LogP contribution in [0, 0.1) is 10.1 Å². The van der Waals surface area contributed by atoms with Crippen molar-refractivity contribution in [1.82, 2.24) is 16.0 Å². The van der Waals surface area contributed by atoms with E-state index in [9.17, 15) is 19.7 Å². The number of hydrogen-bond acceptors (Lipinski definition) is 6. The van der Waals surface area contributed by atoms with Crippen LogP contribution in [0.4, 0.5) is 11.4 Å². The molecule has 1 aromatic rings. The normalized spacial score (nSPS) is 21.2. The van der Waals surface area contributed by atoms with Gasteiger partial charge in [0, 0.05) is 63.4 Å². The minimum absolute atomic E-state index is 0.0226. The first kappa shape index (κ1) is 20.6.